The van der Waals surface area contributed by atoms with Gasteiger partial charge >= 0.3 is 12.0 Å². The second-order valence-corrected chi connectivity index (χ2v) is 6.98. The number of urea groups is 1. The Labute approximate surface area is 153 Å². The van der Waals surface area contributed by atoms with Crippen LogP contribution in [0, 0.1) is 5.82 Å². The normalized spacial score (nSPS) is 12.6. The number of alkyl halides is 3. The summed E-state index contributed by atoms with van der Waals surface area (Å²) in [6.45, 7) is 1.25. The number of benzene rings is 1. The molecule has 0 aliphatic rings. The number of anilines is 1. The Morgan fingerprint density at radius 2 is 2.00 bits per heavy atom. The van der Waals surface area contributed by atoms with E-state index in [4.69, 9.17) is 50.0 Å². The summed E-state index contributed by atoms with van der Waals surface area (Å²) in [5.74, 6) is -1.45. The van der Waals surface area contributed by atoms with Gasteiger partial charge in [-0.15, -0.1) is 0 Å². The summed E-state index contributed by atoms with van der Waals surface area (Å²) in [4.78, 5) is 23.7. The van der Waals surface area contributed by atoms with E-state index in [1.54, 1.807) is 6.92 Å². The average molecular weight is 402 g/mol. The molecule has 24 heavy (non-hydrogen) atoms. The molecule has 2 N–H and O–H groups in total. The van der Waals surface area contributed by atoms with E-state index in [1.165, 1.54) is 19.2 Å². The number of ether oxygens (including phenoxy) is 2. The minimum Gasteiger partial charge on any atom is -0.464 e. The Kier molecular flexibility index (Phi) is 7.54. The average Bonchev–Trinajstić information content (AvgIpc) is 2.45. The lowest BCUT2D eigenvalue weighted by molar-refractivity contribution is -0.150. The number of nitrogens with zero attached hydrogens (tertiary/aromatic N) is 1. The van der Waals surface area contributed by atoms with Crippen molar-refractivity contribution in [3.8, 4) is 0 Å². The zero-order valence-corrected chi connectivity index (χ0v) is 15.2. The molecule has 0 fully saturated rings. The van der Waals surface area contributed by atoms with Gasteiger partial charge in [0.1, 0.15) is 18.5 Å². The van der Waals surface area contributed by atoms with Crippen LogP contribution in [-0.4, -0.2) is 36.1 Å². The summed E-state index contributed by atoms with van der Waals surface area (Å²) < 4.78 is 22.2. The van der Waals surface area contributed by atoms with Crippen molar-refractivity contribution in [3.05, 3.63) is 29.6 Å². The topological polar surface area (TPSA) is 81.9 Å². The van der Waals surface area contributed by atoms with E-state index in [1.807, 2.05) is 0 Å². The van der Waals surface area contributed by atoms with Gasteiger partial charge in [0.25, 0.3) is 0 Å². The predicted octanol–water partition coefficient (Wildman–Crippen LogP) is 3.33. The van der Waals surface area contributed by atoms with Gasteiger partial charge in [-0.1, -0.05) is 46.9 Å². The van der Waals surface area contributed by atoms with Crippen LogP contribution in [0.2, 0.25) is 0 Å². The molecular weight excluding hydrogens is 386 g/mol. The van der Waals surface area contributed by atoms with E-state index in [9.17, 15) is 14.0 Å². The third-order valence-electron chi connectivity index (χ3n) is 2.94. The number of rotatable bonds is 6. The lowest BCUT2D eigenvalue weighted by Crippen LogP contribution is -2.35. The molecule has 0 saturated carbocycles. The Morgan fingerprint density at radius 1 is 1.38 bits per heavy atom. The maximum absolute atomic E-state index is 14.2. The van der Waals surface area contributed by atoms with Gasteiger partial charge in [-0.25, -0.2) is 14.0 Å². The highest BCUT2D eigenvalue weighted by atomic mass is 35.6. The quantitative estimate of drug-likeness (QED) is 0.585. The molecule has 1 atom stereocenters. The first kappa shape index (κ1) is 20.8. The van der Waals surface area contributed by atoms with Gasteiger partial charge in [-0.2, -0.15) is 0 Å². The maximum atomic E-state index is 14.2. The van der Waals surface area contributed by atoms with Crippen molar-refractivity contribution in [2.75, 3.05) is 25.2 Å². The molecule has 0 saturated heterocycles. The van der Waals surface area contributed by atoms with Crippen molar-refractivity contribution in [2.24, 2.45) is 5.73 Å². The monoisotopic (exact) mass is 400 g/mol. The number of esters is 1. The highest BCUT2D eigenvalue weighted by Gasteiger charge is 2.38. The Bertz CT molecular complexity index is 610. The molecule has 2 amide bonds. The summed E-state index contributed by atoms with van der Waals surface area (Å²) in [5.41, 5.74) is 5.01. The molecule has 1 aromatic carbocycles. The van der Waals surface area contributed by atoms with E-state index >= 15 is 0 Å². The molecule has 0 radical (unpaired) electrons. The van der Waals surface area contributed by atoms with Gasteiger partial charge in [-0.3, -0.25) is 4.90 Å². The van der Waals surface area contributed by atoms with Crippen molar-refractivity contribution in [1.29, 1.82) is 0 Å². The molecule has 134 valence electrons. The Balaban J connectivity index is 3.27. The zero-order valence-electron chi connectivity index (χ0n) is 12.9. The highest BCUT2D eigenvalue weighted by Crippen LogP contribution is 2.45. The molecular formula is C14H16Cl3FN2O4. The molecule has 1 rings (SSSR count). The number of hydrogen-bond donors (Lipinski definition) is 1. The molecule has 6 nitrogen and oxygen atoms in total. The van der Waals surface area contributed by atoms with Crippen LogP contribution < -0.4 is 10.6 Å². The number of nitrogens with two attached hydrogens (primary N) is 1. The molecule has 0 spiro atoms. The molecule has 1 aromatic rings. The minimum absolute atomic E-state index is 0.0422. The van der Waals surface area contributed by atoms with E-state index < -0.39 is 34.3 Å². The molecule has 0 bridgehead atoms. The van der Waals surface area contributed by atoms with Gasteiger partial charge in [0.05, 0.1) is 12.3 Å². The highest BCUT2D eigenvalue weighted by molar-refractivity contribution is 6.68. The zero-order chi connectivity index (χ0) is 18.5. The lowest BCUT2D eigenvalue weighted by atomic mass is 10.1. The number of hydrogen-bond acceptors (Lipinski definition) is 4. The predicted molar refractivity (Wildman–Crippen MR) is 90.0 cm³/mol. The van der Waals surface area contributed by atoms with Crippen LogP contribution >= 0.6 is 34.8 Å². The summed E-state index contributed by atoms with van der Waals surface area (Å²) in [6, 6.07) is 2.93. The van der Waals surface area contributed by atoms with E-state index in [2.05, 4.69) is 0 Å². The van der Waals surface area contributed by atoms with Gasteiger partial charge in [0.2, 0.25) is 3.79 Å². The fourth-order valence-electron chi connectivity index (χ4n) is 1.92. The van der Waals surface area contributed by atoms with Gasteiger partial charge in [0, 0.05) is 12.6 Å². The van der Waals surface area contributed by atoms with Crippen LogP contribution in [-0.2, 0) is 14.3 Å². The third-order valence-corrected chi connectivity index (χ3v) is 3.53. The summed E-state index contributed by atoms with van der Waals surface area (Å²) >= 11 is 17.7. The van der Waals surface area contributed by atoms with Crippen LogP contribution in [0.4, 0.5) is 14.9 Å². The van der Waals surface area contributed by atoms with Crippen LogP contribution in [0.1, 0.15) is 18.6 Å². The number of carbonyl (C=O) groups excluding carboxylic acids is 2. The van der Waals surface area contributed by atoms with Crippen molar-refractivity contribution < 1.29 is 23.5 Å². The Hall–Kier alpha value is -1.28. The second kappa shape index (κ2) is 8.71. The number of primary amides is 1. The van der Waals surface area contributed by atoms with Crippen molar-refractivity contribution in [1.82, 2.24) is 0 Å². The molecule has 0 aromatic heterocycles. The molecule has 0 heterocycles. The summed E-state index contributed by atoms with van der Waals surface area (Å²) in [6.07, 6.45) is -1.35. The number of halogens is 4. The van der Waals surface area contributed by atoms with Crippen LogP contribution in [0.15, 0.2) is 18.2 Å². The number of amides is 2. The SMILES string of the molecule is CCOC(=O)COC(c1cccc(F)c1N(C)C(N)=O)C(Cl)(Cl)Cl. The first-order chi connectivity index (χ1) is 11.1. The van der Waals surface area contributed by atoms with E-state index in [0.29, 0.717) is 0 Å². The van der Waals surface area contributed by atoms with Crippen molar-refractivity contribution in [2.45, 2.75) is 16.8 Å². The summed E-state index contributed by atoms with van der Waals surface area (Å²) in [7, 11) is 1.25. The van der Waals surface area contributed by atoms with Gasteiger partial charge in [-0.05, 0) is 13.0 Å². The van der Waals surface area contributed by atoms with Crippen LogP contribution in [0.5, 0.6) is 0 Å². The van der Waals surface area contributed by atoms with E-state index in [0.717, 1.165) is 11.0 Å². The summed E-state index contributed by atoms with van der Waals surface area (Å²) in [5, 5.41) is 0. The van der Waals surface area contributed by atoms with Gasteiger partial charge in [0.15, 0.2) is 0 Å². The third kappa shape index (κ3) is 5.37. The second-order valence-electron chi connectivity index (χ2n) is 4.61. The molecule has 0 aliphatic heterocycles. The lowest BCUT2D eigenvalue weighted by Gasteiger charge is -2.29. The molecule has 1 unspecified atom stereocenters. The van der Waals surface area contributed by atoms with Crippen LogP contribution in [0.25, 0.3) is 0 Å². The fraction of sp³-hybridized carbons (Fsp3) is 0.429. The van der Waals surface area contributed by atoms with Crippen molar-refractivity contribution >= 4 is 52.5 Å². The van der Waals surface area contributed by atoms with Gasteiger partial charge < -0.3 is 15.2 Å². The first-order valence-corrected chi connectivity index (χ1v) is 7.88. The standard InChI is InChI=1S/C14H16Cl3FN2O4/c1-3-23-10(21)7-24-12(14(15,16)17)8-5-4-6-9(18)11(8)20(2)13(19)22/h4-6,12H,3,7H2,1-2H3,(H2,19,22). The van der Waals surface area contributed by atoms with Crippen molar-refractivity contribution in [3.63, 3.8) is 0 Å². The number of carbonyl (C=O) groups is 2. The largest absolute Gasteiger partial charge is 0.464 e. The molecule has 10 heteroatoms. The fourth-order valence-corrected chi connectivity index (χ4v) is 2.46. The number of para-hydroxylation sites is 1. The Morgan fingerprint density at radius 3 is 2.50 bits per heavy atom. The van der Waals surface area contributed by atoms with Crippen LogP contribution in [0.3, 0.4) is 0 Å². The van der Waals surface area contributed by atoms with E-state index in [-0.39, 0.29) is 17.9 Å². The first-order valence-electron chi connectivity index (χ1n) is 6.75. The molecule has 0 aliphatic carbocycles. The maximum Gasteiger partial charge on any atom is 0.332 e. The minimum atomic E-state index is -2.05. The smallest absolute Gasteiger partial charge is 0.332 e.